The first-order chi connectivity index (χ1) is 8.62. The molecule has 0 aromatic heterocycles. The van der Waals surface area contributed by atoms with Gasteiger partial charge < -0.3 is 0 Å². The Morgan fingerprint density at radius 2 is 0.944 bits per heavy atom. The second-order valence-electron chi connectivity index (χ2n) is 4.70. The van der Waals surface area contributed by atoms with Crippen molar-refractivity contribution in [3.8, 4) is 0 Å². The van der Waals surface area contributed by atoms with E-state index in [2.05, 4.69) is 13.8 Å². The van der Waals surface area contributed by atoms with Gasteiger partial charge in [-0.15, -0.1) is 0 Å². The van der Waals surface area contributed by atoms with E-state index in [1.165, 1.54) is 25.7 Å². The molecule has 0 N–H and O–H groups in total. The Hall–Kier alpha value is -0.660. The van der Waals surface area contributed by atoms with E-state index in [0.717, 1.165) is 25.7 Å². The molecule has 0 bridgehead atoms. The van der Waals surface area contributed by atoms with E-state index in [4.69, 9.17) is 0 Å². The molecule has 2 heteroatoms. The van der Waals surface area contributed by atoms with E-state index in [1.54, 1.807) is 0 Å². The van der Waals surface area contributed by atoms with Crippen LogP contribution in [0.4, 0.5) is 0 Å². The number of unbranched alkanes of at least 4 members (excludes halogenated alkanes) is 4. The van der Waals surface area contributed by atoms with Crippen LogP contribution in [0.25, 0.3) is 0 Å². The van der Waals surface area contributed by atoms with Crippen molar-refractivity contribution in [2.75, 3.05) is 0 Å². The summed E-state index contributed by atoms with van der Waals surface area (Å²) in [7, 11) is 0. The van der Waals surface area contributed by atoms with Crippen LogP contribution in [-0.2, 0) is 9.59 Å². The third-order valence-corrected chi connectivity index (χ3v) is 2.91. The molecule has 0 radical (unpaired) electrons. The van der Waals surface area contributed by atoms with Crippen molar-refractivity contribution in [2.24, 2.45) is 0 Å². The molecule has 0 aliphatic heterocycles. The van der Waals surface area contributed by atoms with Gasteiger partial charge in [0.2, 0.25) is 0 Å². The van der Waals surface area contributed by atoms with Crippen LogP contribution < -0.4 is 0 Å². The van der Waals surface area contributed by atoms with Gasteiger partial charge in [0.25, 0.3) is 0 Å². The molecule has 0 aromatic carbocycles. The first-order valence-electron chi connectivity index (χ1n) is 7.65. The highest BCUT2D eigenvalue weighted by molar-refractivity contribution is 5.78. The smallest absolute Gasteiger partial charge is 0.132 e. The summed E-state index contributed by atoms with van der Waals surface area (Å²) in [6, 6.07) is 0. The van der Waals surface area contributed by atoms with E-state index in [-0.39, 0.29) is 0 Å². The van der Waals surface area contributed by atoms with E-state index in [1.807, 2.05) is 13.8 Å². The Morgan fingerprint density at radius 3 is 1.17 bits per heavy atom. The quantitative estimate of drug-likeness (QED) is 0.510. The van der Waals surface area contributed by atoms with Gasteiger partial charge in [0.15, 0.2) is 0 Å². The van der Waals surface area contributed by atoms with Crippen molar-refractivity contribution < 1.29 is 9.59 Å². The highest BCUT2D eigenvalue weighted by atomic mass is 16.1. The van der Waals surface area contributed by atoms with Gasteiger partial charge in [-0.1, -0.05) is 53.4 Å². The number of Topliss-reactive ketones (excluding diaryl/α,β-unsaturated/α-hetero) is 2. The molecule has 0 aliphatic carbocycles. The van der Waals surface area contributed by atoms with Crippen LogP contribution in [0.15, 0.2) is 0 Å². The highest BCUT2D eigenvalue weighted by Gasteiger charge is 1.95. The average molecular weight is 256 g/mol. The zero-order chi connectivity index (χ0) is 14.2. The molecule has 0 amide bonds. The summed E-state index contributed by atoms with van der Waals surface area (Å²) in [5, 5.41) is 0. The summed E-state index contributed by atoms with van der Waals surface area (Å²) in [4.78, 5) is 21.4. The maximum Gasteiger partial charge on any atom is 0.132 e. The second-order valence-corrected chi connectivity index (χ2v) is 4.70. The van der Waals surface area contributed by atoms with Gasteiger partial charge in [-0.2, -0.15) is 0 Å². The summed E-state index contributed by atoms with van der Waals surface area (Å²) in [6.07, 6.45) is 10.00. The minimum absolute atomic E-state index is 0.406. The van der Waals surface area contributed by atoms with Gasteiger partial charge in [0.1, 0.15) is 11.6 Å². The molecular formula is C16H32O2. The SMILES string of the molecule is CCCCCC(=O)CC.CCCCCC(=O)CC. The van der Waals surface area contributed by atoms with Gasteiger partial charge >= 0.3 is 0 Å². The Bertz CT molecular complexity index is 175. The molecule has 2 nitrogen and oxygen atoms in total. The third-order valence-electron chi connectivity index (χ3n) is 2.91. The number of hydrogen-bond donors (Lipinski definition) is 0. The Kier molecular flexibility index (Phi) is 17.9. The number of hydrogen-bond acceptors (Lipinski definition) is 2. The fraction of sp³-hybridized carbons (Fsp3) is 0.875. The minimum Gasteiger partial charge on any atom is -0.300 e. The average Bonchev–Trinajstić information content (AvgIpc) is 2.39. The first-order valence-corrected chi connectivity index (χ1v) is 7.65. The van der Waals surface area contributed by atoms with E-state index in [9.17, 15) is 9.59 Å². The number of carbonyl (C=O) groups is 2. The third kappa shape index (κ3) is 17.7. The Morgan fingerprint density at radius 1 is 0.611 bits per heavy atom. The molecule has 0 rings (SSSR count). The lowest BCUT2D eigenvalue weighted by atomic mass is 10.1. The molecule has 0 aliphatic rings. The summed E-state index contributed by atoms with van der Waals surface area (Å²) in [6.45, 7) is 8.15. The molecule has 0 atom stereocenters. The fourth-order valence-electron chi connectivity index (χ4n) is 1.50. The number of ketones is 2. The molecule has 18 heavy (non-hydrogen) atoms. The largest absolute Gasteiger partial charge is 0.300 e. The van der Waals surface area contributed by atoms with Gasteiger partial charge in [-0.05, 0) is 12.8 Å². The Balaban J connectivity index is 0. The van der Waals surface area contributed by atoms with Crippen LogP contribution in [0.5, 0.6) is 0 Å². The van der Waals surface area contributed by atoms with Crippen LogP contribution in [0, 0.1) is 0 Å². The molecule has 0 heterocycles. The second kappa shape index (κ2) is 16.3. The molecule has 0 aromatic rings. The van der Waals surface area contributed by atoms with Gasteiger partial charge in [0, 0.05) is 25.7 Å². The molecule has 0 fully saturated rings. The van der Waals surface area contributed by atoms with Crippen molar-refractivity contribution in [2.45, 2.75) is 91.9 Å². The molecule has 0 unspecified atom stereocenters. The lowest BCUT2D eigenvalue weighted by Crippen LogP contribution is -1.93. The standard InChI is InChI=1S/2C8H16O/c2*1-3-5-6-7-8(9)4-2/h2*3-7H2,1-2H3. The molecule has 0 saturated heterocycles. The van der Waals surface area contributed by atoms with E-state index >= 15 is 0 Å². The number of rotatable bonds is 10. The normalized spacial score (nSPS) is 9.56. The van der Waals surface area contributed by atoms with Crippen molar-refractivity contribution in [1.29, 1.82) is 0 Å². The molecule has 108 valence electrons. The zero-order valence-corrected chi connectivity index (χ0v) is 12.9. The maximum absolute atomic E-state index is 10.7. The van der Waals surface area contributed by atoms with E-state index in [0.29, 0.717) is 24.4 Å². The molecular weight excluding hydrogens is 224 g/mol. The monoisotopic (exact) mass is 256 g/mol. The predicted octanol–water partition coefficient (Wildman–Crippen LogP) is 5.09. The first kappa shape index (κ1) is 19.7. The maximum atomic E-state index is 10.7. The Labute approximate surface area is 114 Å². The van der Waals surface area contributed by atoms with Crippen LogP contribution in [-0.4, -0.2) is 11.6 Å². The van der Waals surface area contributed by atoms with Crippen LogP contribution in [0.1, 0.15) is 91.9 Å². The minimum atomic E-state index is 0.406. The van der Waals surface area contributed by atoms with E-state index < -0.39 is 0 Å². The molecule has 0 saturated carbocycles. The number of carbonyl (C=O) groups excluding carboxylic acids is 2. The summed E-state index contributed by atoms with van der Waals surface area (Å²) < 4.78 is 0. The van der Waals surface area contributed by atoms with Gasteiger partial charge in [-0.25, -0.2) is 0 Å². The van der Waals surface area contributed by atoms with Gasteiger partial charge in [-0.3, -0.25) is 9.59 Å². The van der Waals surface area contributed by atoms with Crippen molar-refractivity contribution >= 4 is 11.6 Å². The summed E-state index contributed by atoms with van der Waals surface area (Å²) in [5.74, 6) is 0.812. The molecule has 0 spiro atoms. The van der Waals surface area contributed by atoms with Crippen molar-refractivity contribution in [3.05, 3.63) is 0 Å². The predicted molar refractivity (Wildman–Crippen MR) is 78.9 cm³/mol. The van der Waals surface area contributed by atoms with Crippen LogP contribution >= 0.6 is 0 Å². The van der Waals surface area contributed by atoms with Crippen LogP contribution in [0.3, 0.4) is 0 Å². The van der Waals surface area contributed by atoms with Crippen molar-refractivity contribution in [3.63, 3.8) is 0 Å². The lowest BCUT2D eigenvalue weighted by molar-refractivity contribution is -0.119. The van der Waals surface area contributed by atoms with Crippen molar-refractivity contribution in [1.82, 2.24) is 0 Å². The van der Waals surface area contributed by atoms with Gasteiger partial charge in [0.05, 0.1) is 0 Å². The van der Waals surface area contributed by atoms with Crippen LogP contribution in [0.2, 0.25) is 0 Å². The summed E-state index contributed by atoms with van der Waals surface area (Å²) >= 11 is 0. The highest BCUT2D eigenvalue weighted by Crippen LogP contribution is 2.01. The fourth-order valence-corrected chi connectivity index (χ4v) is 1.50. The topological polar surface area (TPSA) is 34.1 Å². The lowest BCUT2D eigenvalue weighted by Gasteiger charge is -1.93. The zero-order valence-electron chi connectivity index (χ0n) is 12.9. The summed E-state index contributed by atoms with van der Waals surface area (Å²) in [5.41, 5.74) is 0.